The molecule has 0 bridgehead atoms. The van der Waals surface area contributed by atoms with Crippen molar-refractivity contribution in [2.24, 2.45) is 4.99 Å². The second-order valence-electron chi connectivity index (χ2n) is 6.60. The Morgan fingerprint density at radius 2 is 2.03 bits per heavy atom. The Labute approximate surface area is 176 Å². The molecule has 1 unspecified atom stereocenters. The molecule has 0 saturated heterocycles. The predicted octanol–water partition coefficient (Wildman–Crippen LogP) is 2.63. The summed E-state index contributed by atoms with van der Waals surface area (Å²) >= 11 is 0. The van der Waals surface area contributed by atoms with Crippen molar-refractivity contribution in [3.8, 4) is 11.5 Å². The number of amidine groups is 1. The first-order chi connectivity index (χ1) is 14.3. The smallest absolute Gasteiger partial charge is 0.296 e. The lowest BCUT2D eigenvalue weighted by Gasteiger charge is -2.29. The highest BCUT2D eigenvalue weighted by atomic mass is 32.2. The molecule has 1 aromatic carbocycles. The molecule has 30 heavy (non-hydrogen) atoms. The SMILES string of the molecule is COc1ccc2c(c1)CN(CO[N+](=O)[O-])C(S(=O)Cc1ncc(C)c(OC)c1C)=N2. The molecule has 0 spiro atoms. The van der Waals surface area contributed by atoms with Crippen LogP contribution < -0.4 is 9.47 Å². The fourth-order valence-corrected chi connectivity index (χ4v) is 4.46. The van der Waals surface area contributed by atoms with E-state index in [0.717, 1.165) is 16.7 Å². The van der Waals surface area contributed by atoms with Gasteiger partial charge in [-0.05, 0) is 32.0 Å². The number of methoxy groups -OCH3 is 2. The summed E-state index contributed by atoms with van der Waals surface area (Å²) in [6.07, 6.45) is 1.66. The minimum absolute atomic E-state index is 0.0851. The highest BCUT2D eigenvalue weighted by Crippen LogP contribution is 2.31. The van der Waals surface area contributed by atoms with E-state index in [9.17, 15) is 14.3 Å². The zero-order valence-electron chi connectivity index (χ0n) is 17.1. The molecule has 2 heterocycles. The maximum atomic E-state index is 13.2. The van der Waals surface area contributed by atoms with E-state index in [0.29, 0.717) is 22.9 Å². The molecule has 1 aliphatic heterocycles. The molecule has 1 aliphatic rings. The van der Waals surface area contributed by atoms with Gasteiger partial charge in [0.1, 0.15) is 11.5 Å². The lowest BCUT2D eigenvalue weighted by molar-refractivity contribution is -0.761. The van der Waals surface area contributed by atoms with Crippen LogP contribution >= 0.6 is 0 Å². The molecular formula is C19H22N4O6S. The van der Waals surface area contributed by atoms with E-state index in [1.54, 1.807) is 38.6 Å². The van der Waals surface area contributed by atoms with Gasteiger partial charge in [-0.3, -0.25) is 14.0 Å². The molecule has 0 fully saturated rings. The van der Waals surface area contributed by atoms with Crippen molar-refractivity contribution in [2.45, 2.75) is 26.1 Å². The van der Waals surface area contributed by atoms with Crippen LogP contribution in [0.1, 0.15) is 22.4 Å². The van der Waals surface area contributed by atoms with Crippen molar-refractivity contribution in [3.05, 3.63) is 56.9 Å². The van der Waals surface area contributed by atoms with Crippen LogP contribution in [0.2, 0.25) is 0 Å². The lowest BCUT2D eigenvalue weighted by atomic mass is 10.1. The van der Waals surface area contributed by atoms with E-state index in [2.05, 4.69) is 14.8 Å². The van der Waals surface area contributed by atoms with Crippen LogP contribution in [0.3, 0.4) is 0 Å². The van der Waals surface area contributed by atoms with Gasteiger partial charge >= 0.3 is 0 Å². The van der Waals surface area contributed by atoms with Crippen molar-refractivity contribution in [1.29, 1.82) is 0 Å². The molecular weight excluding hydrogens is 412 g/mol. The zero-order chi connectivity index (χ0) is 21.8. The standard InChI is InChI=1S/C19H22N4O6S/c1-12-8-20-17(13(2)18(12)28-4)10-30(26)19-21-16-6-5-15(27-3)7-14(16)9-22(19)11-29-23(24)25/h5-8H,9-11H2,1-4H3. The van der Waals surface area contributed by atoms with Crippen molar-refractivity contribution in [3.63, 3.8) is 0 Å². The summed E-state index contributed by atoms with van der Waals surface area (Å²) in [4.78, 5) is 25.6. The van der Waals surface area contributed by atoms with Crippen molar-refractivity contribution in [2.75, 3.05) is 21.0 Å². The highest BCUT2D eigenvalue weighted by molar-refractivity contribution is 7.99. The third-order valence-corrected chi connectivity index (χ3v) is 5.97. The third-order valence-electron chi connectivity index (χ3n) is 4.67. The minimum atomic E-state index is -1.62. The second kappa shape index (κ2) is 9.08. The Morgan fingerprint density at radius 3 is 2.70 bits per heavy atom. The Kier molecular flexibility index (Phi) is 6.50. The van der Waals surface area contributed by atoms with Crippen LogP contribution in [0.15, 0.2) is 29.4 Å². The van der Waals surface area contributed by atoms with Gasteiger partial charge in [-0.1, -0.05) is 0 Å². The van der Waals surface area contributed by atoms with Crippen LogP contribution in [-0.2, 0) is 27.9 Å². The number of hydrogen-bond acceptors (Lipinski definition) is 9. The van der Waals surface area contributed by atoms with Gasteiger partial charge in [0, 0.05) is 29.4 Å². The number of ether oxygens (including phenoxy) is 2. The zero-order valence-corrected chi connectivity index (χ0v) is 17.9. The van der Waals surface area contributed by atoms with E-state index < -0.39 is 22.6 Å². The first kappa shape index (κ1) is 21.5. The Morgan fingerprint density at radius 1 is 1.27 bits per heavy atom. The number of nitrogens with zero attached hydrogens (tertiary/aromatic N) is 4. The molecule has 10 nitrogen and oxygen atoms in total. The largest absolute Gasteiger partial charge is 0.497 e. The number of fused-ring (bicyclic) bond motifs is 1. The first-order valence-corrected chi connectivity index (χ1v) is 10.3. The summed E-state index contributed by atoms with van der Waals surface area (Å²) in [6, 6.07) is 5.30. The first-order valence-electron chi connectivity index (χ1n) is 8.99. The molecule has 160 valence electrons. The molecule has 1 atom stereocenters. The van der Waals surface area contributed by atoms with Crippen LogP contribution in [0.5, 0.6) is 11.5 Å². The number of aromatic nitrogens is 1. The second-order valence-corrected chi connectivity index (χ2v) is 7.95. The number of aliphatic imine (C=N–C) groups is 1. The monoisotopic (exact) mass is 434 g/mol. The van der Waals surface area contributed by atoms with Gasteiger partial charge in [-0.25, -0.2) is 4.99 Å². The van der Waals surface area contributed by atoms with Crippen LogP contribution in [0.25, 0.3) is 0 Å². The van der Waals surface area contributed by atoms with E-state index in [4.69, 9.17) is 9.47 Å². The molecule has 0 amide bonds. The summed E-state index contributed by atoms with van der Waals surface area (Å²) in [5.74, 6) is 1.41. The van der Waals surface area contributed by atoms with E-state index >= 15 is 0 Å². The van der Waals surface area contributed by atoms with Gasteiger partial charge in [0.2, 0.25) is 0 Å². The quantitative estimate of drug-likeness (QED) is 0.482. The Balaban J connectivity index is 1.93. The molecule has 0 N–H and O–H groups in total. The average Bonchev–Trinajstić information content (AvgIpc) is 2.73. The van der Waals surface area contributed by atoms with Crippen molar-refractivity contribution in [1.82, 2.24) is 9.88 Å². The van der Waals surface area contributed by atoms with Gasteiger partial charge in [-0.2, -0.15) is 0 Å². The molecule has 0 saturated carbocycles. The molecule has 1 aromatic heterocycles. The molecule has 2 aromatic rings. The fourth-order valence-electron chi connectivity index (χ4n) is 3.19. The highest BCUT2D eigenvalue weighted by Gasteiger charge is 2.27. The summed E-state index contributed by atoms with van der Waals surface area (Å²) < 4.78 is 23.8. The number of pyridine rings is 1. The Hall–Kier alpha value is -3.21. The van der Waals surface area contributed by atoms with Crippen LogP contribution in [0, 0.1) is 24.0 Å². The normalized spacial score (nSPS) is 13.9. The maximum Gasteiger partial charge on any atom is 0.296 e. The number of aryl methyl sites for hydroxylation is 1. The number of benzene rings is 1. The van der Waals surface area contributed by atoms with E-state index in [1.165, 1.54) is 4.90 Å². The Bertz CT molecular complexity index is 1030. The number of rotatable bonds is 7. The average molecular weight is 434 g/mol. The summed E-state index contributed by atoms with van der Waals surface area (Å²) in [5.41, 5.74) is 3.69. The van der Waals surface area contributed by atoms with Gasteiger partial charge in [0.05, 0.1) is 42.2 Å². The maximum absolute atomic E-state index is 13.2. The topological polar surface area (TPSA) is 116 Å². The molecule has 11 heteroatoms. The minimum Gasteiger partial charge on any atom is -0.497 e. The van der Waals surface area contributed by atoms with Crippen LogP contribution in [0.4, 0.5) is 5.69 Å². The molecule has 0 aliphatic carbocycles. The summed E-state index contributed by atoms with van der Waals surface area (Å²) in [7, 11) is 1.50. The predicted molar refractivity (Wildman–Crippen MR) is 111 cm³/mol. The lowest BCUT2D eigenvalue weighted by Crippen LogP contribution is -2.38. The van der Waals surface area contributed by atoms with Crippen LogP contribution in [-0.4, -0.2) is 45.3 Å². The summed E-state index contributed by atoms with van der Waals surface area (Å²) in [5, 5.41) is 10.00. The van der Waals surface area contributed by atoms with Crippen molar-refractivity contribution >= 4 is 21.7 Å². The van der Waals surface area contributed by atoms with Gasteiger partial charge in [0.15, 0.2) is 11.9 Å². The van der Waals surface area contributed by atoms with E-state index in [1.807, 2.05) is 13.8 Å². The molecule has 3 rings (SSSR count). The van der Waals surface area contributed by atoms with Gasteiger partial charge in [0.25, 0.3) is 5.09 Å². The van der Waals surface area contributed by atoms with Gasteiger partial charge in [-0.15, -0.1) is 10.1 Å². The fraction of sp³-hybridized carbons (Fsp3) is 0.368. The third kappa shape index (κ3) is 4.51. The van der Waals surface area contributed by atoms with E-state index in [-0.39, 0.29) is 17.5 Å². The number of hydrogen-bond donors (Lipinski definition) is 0. The van der Waals surface area contributed by atoms with Gasteiger partial charge < -0.3 is 14.4 Å². The van der Waals surface area contributed by atoms with Crippen molar-refractivity contribution < 1.29 is 23.6 Å². The summed E-state index contributed by atoms with van der Waals surface area (Å²) in [6.45, 7) is 3.59. The molecule has 0 radical (unpaired) electrons.